The number of allylic oxidation sites excluding steroid dienone is 1. The van der Waals surface area contributed by atoms with E-state index in [1.165, 1.54) is 4.88 Å². The molecule has 2 heterocycles. The minimum atomic E-state index is -0.139. The monoisotopic (exact) mass is 420 g/mol. The molecule has 2 N–H and O–H groups in total. The van der Waals surface area contributed by atoms with Crippen LogP contribution in [-0.2, 0) is 4.79 Å². The number of thiophene rings is 1. The molecule has 1 aliphatic heterocycles. The minimum absolute atomic E-state index is 0.0819. The summed E-state index contributed by atoms with van der Waals surface area (Å²) in [7, 11) is 0. The normalized spacial score (nSPS) is 21.0. The van der Waals surface area contributed by atoms with E-state index in [0.717, 1.165) is 44.5 Å². The lowest BCUT2D eigenvalue weighted by molar-refractivity contribution is -0.116. The number of nitrogens with one attached hydrogen (secondary N) is 2. The van der Waals surface area contributed by atoms with E-state index in [-0.39, 0.29) is 17.7 Å². The van der Waals surface area contributed by atoms with Gasteiger partial charge in [0.1, 0.15) is 0 Å². The van der Waals surface area contributed by atoms with Crippen molar-refractivity contribution in [2.24, 2.45) is 0 Å². The van der Waals surface area contributed by atoms with Gasteiger partial charge in [0.25, 0.3) is 0 Å². The van der Waals surface area contributed by atoms with Crippen LogP contribution in [0.25, 0.3) is 0 Å². The Balaban J connectivity index is 1.62. The van der Waals surface area contributed by atoms with E-state index in [4.69, 9.17) is 11.6 Å². The molecule has 29 heavy (non-hydrogen) atoms. The van der Waals surface area contributed by atoms with Gasteiger partial charge in [0.2, 0.25) is 0 Å². The first kappa shape index (κ1) is 18.5. The molecule has 0 saturated heterocycles. The standard InChI is InChI=1S/C24H21ClN2OS/c1-14-10-11-22(29-14)24-23-20(26-18-8-4-5-9-19(18)27-24)12-15(13-21(23)28)16-6-2-3-7-17(16)25/h2-11,15,24,26-27H,12-13H2,1H3/t15-,24-/m0/s1. The highest BCUT2D eigenvalue weighted by Crippen LogP contribution is 2.46. The highest BCUT2D eigenvalue weighted by Gasteiger charge is 2.36. The Kier molecular flexibility index (Phi) is 4.69. The number of Topliss-reactive ketones (excluding diaryl/α,β-unsaturated/α-hetero) is 1. The summed E-state index contributed by atoms with van der Waals surface area (Å²) in [5.41, 5.74) is 4.92. The Morgan fingerprint density at radius 1 is 0.966 bits per heavy atom. The molecule has 3 nitrogen and oxygen atoms in total. The van der Waals surface area contributed by atoms with E-state index in [2.05, 4.69) is 41.8 Å². The second-order valence-corrected chi connectivity index (χ2v) is 9.37. The van der Waals surface area contributed by atoms with Crippen LogP contribution in [0.5, 0.6) is 0 Å². The van der Waals surface area contributed by atoms with Gasteiger partial charge in [-0.15, -0.1) is 11.3 Å². The number of para-hydroxylation sites is 2. The van der Waals surface area contributed by atoms with Gasteiger partial charge < -0.3 is 10.6 Å². The number of aryl methyl sites for hydroxylation is 1. The van der Waals surface area contributed by atoms with Crippen molar-refractivity contribution >= 4 is 40.1 Å². The molecule has 0 fully saturated rings. The Morgan fingerprint density at radius 2 is 1.72 bits per heavy atom. The molecule has 146 valence electrons. The third kappa shape index (κ3) is 3.37. The van der Waals surface area contributed by atoms with Crippen molar-refractivity contribution < 1.29 is 4.79 Å². The van der Waals surface area contributed by atoms with Crippen LogP contribution in [0.1, 0.15) is 40.1 Å². The predicted molar refractivity (Wildman–Crippen MR) is 121 cm³/mol. The van der Waals surface area contributed by atoms with Crippen LogP contribution in [0.4, 0.5) is 11.4 Å². The predicted octanol–water partition coefficient (Wildman–Crippen LogP) is 6.69. The van der Waals surface area contributed by atoms with Crippen molar-refractivity contribution in [3.8, 4) is 0 Å². The molecule has 1 aromatic heterocycles. The highest BCUT2D eigenvalue weighted by atomic mass is 35.5. The zero-order valence-electron chi connectivity index (χ0n) is 16.0. The maximum Gasteiger partial charge on any atom is 0.163 e. The fraction of sp³-hybridized carbons (Fsp3) is 0.208. The molecular formula is C24H21ClN2OS. The summed E-state index contributed by atoms with van der Waals surface area (Å²) in [6.45, 7) is 2.10. The zero-order valence-corrected chi connectivity index (χ0v) is 17.6. The topological polar surface area (TPSA) is 41.1 Å². The molecule has 0 bridgehead atoms. The number of hydrogen-bond donors (Lipinski definition) is 2. The molecule has 0 amide bonds. The maximum atomic E-state index is 13.4. The summed E-state index contributed by atoms with van der Waals surface area (Å²) in [4.78, 5) is 15.8. The lowest BCUT2D eigenvalue weighted by Gasteiger charge is -2.29. The van der Waals surface area contributed by atoms with E-state index >= 15 is 0 Å². The van der Waals surface area contributed by atoms with Crippen LogP contribution in [0.3, 0.4) is 0 Å². The van der Waals surface area contributed by atoms with Crippen LogP contribution in [0.2, 0.25) is 5.02 Å². The fourth-order valence-corrected chi connectivity index (χ4v) is 5.57. The number of hydrogen-bond acceptors (Lipinski definition) is 4. The number of ketones is 1. The molecule has 3 aromatic rings. The number of rotatable bonds is 2. The van der Waals surface area contributed by atoms with Crippen LogP contribution in [0.15, 0.2) is 71.9 Å². The van der Waals surface area contributed by atoms with Gasteiger partial charge in [0.15, 0.2) is 5.78 Å². The van der Waals surface area contributed by atoms with Crippen LogP contribution >= 0.6 is 22.9 Å². The van der Waals surface area contributed by atoms with E-state index in [9.17, 15) is 4.79 Å². The van der Waals surface area contributed by atoms with E-state index in [1.807, 2.05) is 36.4 Å². The summed E-state index contributed by atoms with van der Waals surface area (Å²) in [6, 6.07) is 20.1. The largest absolute Gasteiger partial charge is 0.372 e. The Morgan fingerprint density at radius 3 is 2.48 bits per heavy atom. The van der Waals surface area contributed by atoms with Crippen molar-refractivity contribution in [3.63, 3.8) is 0 Å². The van der Waals surface area contributed by atoms with Crippen molar-refractivity contribution in [1.82, 2.24) is 0 Å². The first-order valence-electron chi connectivity index (χ1n) is 9.80. The minimum Gasteiger partial charge on any atom is -0.372 e. The summed E-state index contributed by atoms with van der Waals surface area (Å²) in [6.07, 6.45) is 1.24. The van der Waals surface area contributed by atoms with Gasteiger partial charge in [0.05, 0.1) is 17.4 Å². The number of carbonyl (C=O) groups excluding carboxylic acids is 1. The molecule has 5 heteroatoms. The van der Waals surface area contributed by atoms with Crippen molar-refractivity contribution in [1.29, 1.82) is 0 Å². The van der Waals surface area contributed by atoms with Gasteiger partial charge in [-0.25, -0.2) is 0 Å². The van der Waals surface area contributed by atoms with Gasteiger partial charge in [-0.3, -0.25) is 4.79 Å². The Bertz CT molecular complexity index is 1130. The Labute approximate surface area is 179 Å². The number of benzene rings is 2. The first-order chi connectivity index (χ1) is 14.1. The van der Waals surface area contributed by atoms with Crippen LogP contribution in [0, 0.1) is 6.92 Å². The molecule has 5 rings (SSSR count). The van der Waals surface area contributed by atoms with Crippen LogP contribution in [-0.4, -0.2) is 5.78 Å². The molecule has 0 spiro atoms. The van der Waals surface area contributed by atoms with Crippen LogP contribution < -0.4 is 10.6 Å². The van der Waals surface area contributed by atoms with Gasteiger partial charge in [-0.1, -0.05) is 41.9 Å². The summed E-state index contributed by atoms with van der Waals surface area (Å²) in [5.74, 6) is 0.262. The number of halogens is 1. The summed E-state index contributed by atoms with van der Waals surface area (Å²) >= 11 is 8.20. The SMILES string of the molecule is Cc1ccc([C@@H]2Nc3ccccc3NC3=C2C(=O)C[C@@H](c2ccccc2Cl)C3)s1. The average Bonchev–Trinajstić information content (AvgIpc) is 3.06. The maximum absolute atomic E-state index is 13.4. The third-order valence-corrected chi connectivity index (χ3v) is 7.11. The summed E-state index contributed by atoms with van der Waals surface area (Å²) in [5, 5.41) is 7.93. The molecule has 0 saturated carbocycles. The second-order valence-electron chi connectivity index (χ2n) is 7.64. The molecule has 2 atom stereocenters. The average molecular weight is 421 g/mol. The summed E-state index contributed by atoms with van der Waals surface area (Å²) < 4.78 is 0. The first-order valence-corrected chi connectivity index (χ1v) is 11.0. The smallest absolute Gasteiger partial charge is 0.163 e. The van der Waals surface area contributed by atoms with Crippen molar-refractivity contribution in [2.45, 2.75) is 31.7 Å². The van der Waals surface area contributed by atoms with E-state index < -0.39 is 0 Å². The quantitative estimate of drug-likeness (QED) is 0.485. The molecular weight excluding hydrogens is 400 g/mol. The number of fused-ring (bicyclic) bond motifs is 1. The molecule has 0 unspecified atom stereocenters. The molecule has 2 aliphatic rings. The lowest BCUT2D eigenvalue weighted by Crippen LogP contribution is -2.26. The van der Waals surface area contributed by atoms with Crippen molar-refractivity contribution in [2.75, 3.05) is 10.6 Å². The lowest BCUT2D eigenvalue weighted by atomic mass is 9.79. The van der Waals surface area contributed by atoms with Gasteiger partial charge in [0, 0.05) is 32.5 Å². The number of anilines is 2. The van der Waals surface area contributed by atoms with E-state index in [0.29, 0.717) is 6.42 Å². The van der Waals surface area contributed by atoms with Gasteiger partial charge in [-0.2, -0.15) is 0 Å². The van der Waals surface area contributed by atoms with E-state index in [1.54, 1.807) is 11.3 Å². The van der Waals surface area contributed by atoms with Gasteiger partial charge in [-0.05, 0) is 55.2 Å². The third-order valence-electron chi connectivity index (χ3n) is 5.70. The second kappa shape index (κ2) is 7.36. The molecule has 1 aliphatic carbocycles. The highest BCUT2D eigenvalue weighted by molar-refractivity contribution is 7.12. The molecule has 2 aromatic carbocycles. The molecule has 0 radical (unpaired) electrons. The zero-order chi connectivity index (χ0) is 20.0. The van der Waals surface area contributed by atoms with Gasteiger partial charge >= 0.3 is 0 Å². The fourth-order valence-electron chi connectivity index (χ4n) is 4.34. The number of carbonyl (C=O) groups is 1. The van der Waals surface area contributed by atoms with Crippen molar-refractivity contribution in [3.05, 3.63) is 92.3 Å². The Hall–Kier alpha value is -2.56.